The Morgan fingerprint density at radius 3 is 2.54 bits per heavy atom. The number of nitrogens with zero attached hydrogens (tertiary/aromatic N) is 2. The van der Waals surface area contributed by atoms with E-state index in [1.54, 1.807) is 0 Å². The SMILES string of the molecule is Cc1nc(NC2CC2)nc(N)c1C. The molecular formula is C9H14N4. The van der Waals surface area contributed by atoms with Crippen LogP contribution in [-0.4, -0.2) is 16.0 Å². The van der Waals surface area contributed by atoms with Crippen molar-refractivity contribution >= 4 is 11.8 Å². The zero-order valence-corrected chi connectivity index (χ0v) is 7.96. The van der Waals surface area contributed by atoms with E-state index >= 15 is 0 Å². The maximum absolute atomic E-state index is 5.73. The fourth-order valence-electron chi connectivity index (χ4n) is 1.13. The number of hydrogen-bond donors (Lipinski definition) is 2. The molecule has 0 atom stereocenters. The first-order valence-electron chi connectivity index (χ1n) is 4.54. The van der Waals surface area contributed by atoms with E-state index in [2.05, 4.69) is 15.3 Å². The quantitative estimate of drug-likeness (QED) is 0.715. The minimum Gasteiger partial charge on any atom is -0.383 e. The normalized spacial score (nSPS) is 15.8. The van der Waals surface area contributed by atoms with Crippen LogP contribution in [0.5, 0.6) is 0 Å². The van der Waals surface area contributed by atoms with Crippen LogP contribution in [0.15, 0.2) is 0 Å². The number of nitrogens with two attached hydrogens (primary N) is 1. The van der Waals surface area contributed by atoms with E-state index in [4.69, 9.17) is 5.73 Å². The van der Waals surface area contributed by atoms with E-state index in [9.17, 15) is 0 Å². The van der Waals surface area contributed by atoms with Crippen LogP contribution >= 0.6 is 0 Å². The molecule has 0 spiro atoms. The fourth-order valence-corrected chi connectivity index (χ4v) is 1.13. The third kappa shape index (κ3) is 1.71. The fraction of sp³-hybridized carbons (Fsp3) is 0.556. The van der Waals surface area contributed by atoms with Crippen molar-refractivity contribution in [1.82, 2.24) is 9.97 Å². The molecule has 0 aromatic carbocycles. The highest BCUT2D eigenvalue weighted by molar-refractivity contribution is 5.46. The van der Waals surface area contributed by atoms with E-state index in [-0.39, 0.29) is 0 Å². The monoisotopic (exact) mass is 178 g/mol. The maximum atomic E-state index is 5.73. The molecule has 0 saturated heterocycles. The Bertz CT molecular complexity index is 307. The van der Waals surface area contributed by atoms with E-state index in [1.165, 1.54) is 12.8 Å². The van der Waals surface area contributed by atoms with E-state index < -0.39 is 0 Å². The standard InChI is InChI=1S/C9H14N4/c1-5-6(2)11-9(13-8(5)10)12-7-3-4-7/h7H,3-4H2,1-2H3,(H3,10,11,12,13). The third-order valence-electron chi connectivity index (χ3n) is 2.34. The van der Waals surface area contributed by atoms with Gasteiger partial charge < -0.3 is 11.1 Å². The van der Waals surface area contributed by atoms with Gasteiger partial charge in [-0.25, -0.2) is 4.98 Å². The predicted molar refractivity (Wildman–Crippen MR) is 52.6 cm³/mol. The molecule has 1 saturated carbocycles. The lowest BCUT2D eigenvalue weighted by molar-refractivity contribution is 1.02. The predicted octanol–water partition coefficient (Wildman–Crippen LogP) is 1.25. The number of anilines is 2. The van der Waals surface area contributed by atoms with Gasteiger partial charge in [-0.15, -0.1) is 0 Å². The van der Waals surface area contributed by atoms with Crippen molar-refractivity contribution in [2.75, 3.05) is 11.1 Å². The summed E-state index contributed by atoms with van der Waals surface area (Å²) in [5, 5.41) is 3.22. The molecular weight excluding hydrogens is 164 g/mol. The number of nitrogens with one attached hydrogen (secondary N) is 1. The number of rotatable bonds is 2. The molecule has 1 fully saturated rings. The summed E-state index contributed by atoms with van der Waals surface area (Å²) in [5.74, 6) is 1.25. The molecule has 70 valence electrons. The van der Waals surface area contributed by atoms with Gasteiger partial charge in [0.15, 0.2) is 0 Å². The van der Waals surface area contributed by atoms with Crippen molar-refractivity contribution < 1.29 is 0 Å². The van der Waals surface area contributed by atoms with Crippen LogP contribution in [0.2, 0.25) is 0 Å². The molecule has 1 aliphatic carbocycles. The summed E-state index contributed by atoms with van der Waals surface area (Å²) in [6.07, 6.45) is 2.44. The zero-order chi connectivity index (χ0) is 9.42. The summed E-state index contributed by atoms with van der Waals surface area (Å²) < 4.78 is 0. The van der Waals surface area contributed by atoms with E-state index in [1.807, 2.05) is 13.8 Å². The summed E-state index contributed by atoms with van der Waals surface area (Å²) >= 11 is 0. The molecule has 0 radical (unpaired) electrons. The van der Waals surface area contributed by atoms with E-state index in [0.717, 1.165) is 11.3 Å². The third-order valence-corrected chi connectivity index (χ3v) is 2.34. The van der Waals surface area contributed by atoms with Crippen LogP contribution < -0.4 is 11.1 Å². The van der Waals surface area contributed by atoms with Gasteiger partial charge in [-0.3, -0.25) is 0 Å². The molecule has 0 unspecified atom stereocenters. The highest BCUT2D eigenvalue weighted by Gasteiger charge is 2.22. The number of aromatic nitrogens is 2. The first-order chi connectivity index (χ1) is 6.16. The molecule has 3 N–H and O–H groups in total. The van der Waals surface area contributed by atoms with Gasteiger partial charge in [0.25, 0.3) is 0 Å². The minimum absolute atomic E-state index is 0.571. The molecule has 1 aromatic rings. The molecule has 4 nitrogen and oxygen atoms in total. The van der Waals surface area contributed by atoms with Gasteiger partial charge in [0.1, 0.15) is 5.82 Å². The Balaban J connectivity index is 2.25. The van der Waals surface area contributed by atoms with Gasteiger partial charge >= 0.3 is 0 Å². The molecule has 2 rings (SSSR count). The second-order valence-electron chi connectivity index (χ2n) is 3.56. The van der Waals surface area contributed by atoms with Crippen LogP contribution in [0.4, 0.5) is 11.8 Å². The first kappa shape index (κ1) is 8.29. The summed E-state index contributed by atoms with van der Waals surface area (Å²) in [7, 11) is 0. The van der Waals surface area contributed by atoms with Gasteiger partial charge in [-0.2, -0.15) is 4.98 Å². The molecule has 13 heavy (non-hydrogen) atoms. The van der Waals surface area contributed by atoms with Crippen molar-refractivity contribution in [3.05, 3.63) is 11.3 Å². The first-order valence-corrected chi connectivity index (χ1v) is 4.54. The van der Waals surface area contributed by atoms with Crippen LogP contribution in [0, 0.1) is 13.8 Å². The van der Waals surface area contributed by atoms with E-state index in [0.29, 0.717) is 17.8 Å². The van der Waals surface area contributed by atoms with Crippen LogP contribution in [0.1, 0.15) is 24.1 Å². The number of nitrogen functional groups attached to an aromatic ring is 1. The molecule has 0 amide bonds. The van der Waals surface area contributed by atoms with Gasteiger partial charge in [-0.1, -0.05) is 0 Å². The minimum atomic E-state index is 0.571. The Morgan fingerprint density at radius 2 is 2.00 bits per heavy atom. The number of hydrogen-bond acceptors (Lipinski definition) is 4. The summed E-state index contributed by atoms with van der Waals surface area (Å²) in [6, 6.07) is 0.571. The van der Waals surface area contributed by atoms with Crippen molar-refractivity contribution in [1.29, 1.82) is 0 Å². The van der Waals surface area contributed by atoms with Gasteiger partial charge in [0.2, 0.25) is 5.95 Å². The van der Waals surface area contributed by atoms with Crippen LogP contribution in [-0.2, 0) is 0 Å². The number of aryl methyl sites for hydroxylation is 1. The smallest absolute Gasteiger partial charge is 0.225 e. The molecule has 1 aromatic heterocycles. The van der Waals surface area contributed by atoms with Crippen molar-refractivity contribution in [2.24, 2.45) is 0 Å². The Labute approximate surface area is 77.6 Å². The highest BCUT2D eigenvalue weighted by atomic mass is 15.1. The molecule has 1 heterocycles. The Morgan fingerprint density at radius 1 is 1.31 bits per heavy atom. The lowest BCUT2D eigenvalue weighted by atomic mass is 10.2. The molecule has 4 heteroatoms. The Hall–Kier alpha value is -1.32. The lowest BCUT2D eigenvalue weighted by Gasteiger charge is -2.07. The van der Waals surface area contributed by atoms with Crippen molar-refractivity contribution in [2.45, 2.75) is 32.7 Å². The summed E-state index contributed by atoms with van der Waals surface area (Å²) in [4.78, 5) is 8.48. The topological polar surface area (TPSA) is 63.8 Å². The summed E-state index contributed by atoms with van der Waals surface area (Å²) in [6.45, 7) is 3.89. The highest BCUT2D eigenvalue weighted by Crippen LogP contribution is 2.24. The molecule has 1 aliphatic rings. The zero-order valence-electron chi connectivity index (χ0n) is 7.96. The second-order valence-corrected chi connectivity index (χ2v) is 3.56. The van der Waals surface area contributed by atoms with Gasteiger partial charge in [0, 0.05) is 17.3 Å². The average Bonchev–Trinajstić information content (AvgIpc) is 2.84. The largest absolute Gasteiger partial charge is 0.383 e. The average molecular weight is 178 g/mol. The van der Waals surface area contributed by atoms with Crippen LogP contribution in [0.3, 0.4) is 0 Å². The molecule has 0 aliphatic heterocycles. The van der Waals surface area contributed by atoms with Crippen molar-refractivity contribution in [3.63, 3.8) is 0 Å². The maximum Gasteiger partial charge on any atom is 0.225 e. The van der Waals surface area contributed by atoms with Crippen LogP contribution in [0.25, 0.3) is 0 Å². The summed E-state index contributed by atoms with van der Waals surface area (Å²) in [5.41, 5.74) is 7.65. The van der Waals surface area contributed by atoms with Gasteiger partial charge in [-0.05, 0) is 26.7 Å². The Kier molecular flexibility index (Phi) is 1.83. The lowest BCUT2D eigenvalue weighted by Crippen LogP contribution is -2.09. The second kappa shape index (κ2) is 2.87. The van der Waals surface area contributed by atoms with Crippen molar-refractivity contribution in [3.8, 4) is 0 Å². The van der Waals surface area contributed by atoms with Gasteiger partial charge in [0.05, 0.1) is 0 Å². The molecule has 0 bridgehead atoms.